The van der Waals surface area contributed by atoms with Gasteiger partial charge in [-0.1, -0.05) is 30.3 Å². The van der Waals surface area contributed by atoms with Crippen LogP contribution in [0.25, 0.3) is 6.08 Å². The number of para-hydroxylation sites is 1. The van der Waals surface area contributed by atoms with Gasteiger partial charge in [-0.3, -0.25) is 9.59 Å². The van der Waals surface area contributed by atoms with Crippen molar-refractivity contribution in [2.75, 3.05) is 25.1 Å². The molecule has 1 fully saturated rings. The van der Waals surface area contributed by atoms with Crippen molar-refractivity contribution in [2.24, 2.45) is 0 Å². The average Bonchev–Trinajstić information content (AvgIpc) is 2.82. The van der Waals surface area contributed by atoms with E-state index in [0.29, 0.717) is 25.1 Å². The molecule has 2 amide bonds. The van der Waals surface area contributed by atoms with E-state index < -0.39 is 5.97 Å². The average molecular weight is 418 g/mol. The Kier molecular flexibility index (Phi) is 6.16. The van der Waals surface area contributed by atoms with E-state index in [1.165, 1.54) is 18.7 Å². The van der Waals surface area contributed by atoms with E-state index in [1.807, 2.05) is 40.1 Å². The second-order valence-corrected chi connectivity index (χ2v) is 7.89. The third kappa shape index (κ3) is 4.53. The molecule has 1 saturated heterocycles. The fourth-order valence-corrected chi connectivity index (χ4v) is 4.33. The van der Waals surface area contributed by atoms with Gasteiger partial charge < -0.3 is 14.5 Å². The molecule has 0 radical (unpaired) electrons. The Morgan fingerprint density at radius 3 is 2.42 bits per heavy atom. The van der Waals surface area contributed by atoms with E-state index in [4.69, 9.17) is 0 Å². The first-order valence-corrected chi connectivity index (χ1v) is 10.6. The Bertz CT molecular complexity index is 1000. The molecular weight excluding hydrogens is 392 g/mol. The van der Waals surface area contributed by atoms with Crippen LogP contribution in [0, 0.1) is 0 Å². The topological polar surface area (TPSA) is 66.9 Å². The first-order valence-electron chi connectivity index (χ1n) is 10.6. The number of piperidine rings is 1. The van der Waals surface area contributed by atoms with Crippen molar-refractivity contribution in [1.29, 1.82) is 0 Å². The summed E-state index contributed by atoms with van der Waals surface area (Å²) in [6, 6.07) is 15.4. The third-order valence-electron chi connectivity index (χ3n) is 6.02. The second-order valence-electron chi connectivity index (χ2n) is 7.89. The Morgan fingerprint density at radius 1 is 1.00 bits per heavy atom. The molecule has 4 rings (SSSR count). The van der Waals surface area contributed by atoms with Crippen LogP contribution in [0.3, 0.4) is 0 Å². The molecule has 0 atom stereocenters. The zero-order valence-corrected chi connectivity index (χ0v) is 17.6. The maximum absolute atomic E-state index is 12.9. The van der Waals surface area contributed by atoms with Crippen molar-refractivity contribution in [2.45, 2.75) is 31.7 Å². The minimum atomic E-state index is -0.419. The van der Waals surface area contributed by atoms with E-state index in [2.05, 4.69) is 10.8 Å². The number of hydrogen-bond acceptors (Lipinski definition) is 4. The minimum Gasteiger partial charge on any atom is -0.466 e. The number of aryl methyl sites for hydroxylation is 1. The van der Waals surface area contributed by atoms with Gasteiger partial charge in [0.15, 0.2) is 0 Å². The molecule has 0 unspecified atom stereocenters. The summed E-state index contributed by atoms with van der Waals surface area (Å²) in [5.74, 6) is -0.246. The van der Waals surface area contributed by atoms with Crippen LogP contribution in [0.15, 0.2) is 54.6 Å². The number of rotatable bonds is 4. The number of carbonyl (C=O) groups excluding carboxylic acids is 3. The molecule has 31 heavy (non-hydrogen) atoms. The van der Waals surface area contributed by atoms with Crippen LogP contribution in [0.1, 0.15) is 40.7 Å². The van der Waals surface area contributed by atoms with E-state index in [-0.39, 0.29) is 17.9 Å². The molecule has 0 aromatic heterocycles. The summed E-state index contributed by atoms with van der Waals surface area (Å²) in [4.78, 5) is 40.6. The summed E-state index contributed by atoms with van der Waals surface area (Å²) in [6.07, 6.45) is 5.89. The van der Waals surface area contributed by atoms with Gasteiger partial charge in [0.2, 0.25) is 5.91 Å². The predicted octanol–water partition coefficient (Wildman–Crippen LogP) is 3.46. The monoisotopic (exact) mass is 418 g/mol. The van der Waals surface area contributed by atoms with Gasteiger partial charge in [0, 0.05) is 42.9 Å². The molecule has 2 aliphatic rings. The molecule has 2 heterocycles. The van der Waals surface area contributed by atoms with Gasteiger partial charge in [0.25, 0.3) is 5.91 Å². The largest absolute Gasteiger partial charge is 0.466 e. The molecule has 0 N–H and O–H groups in total. The molecular formula is C25H26N2O4. The maximum atomic E-state index is 12.9. The zero-order chi connectivity index (χ0) is 21.8. The first-order chi connectivity index (χ1) is 15.1. The van der Waals surface area contributed by atoms with Crippen molar-refractivity contribution < 1.29 is 19.1 Å². The normalized spacial score (nSPS) is 17.0. The zero-order valence-electron chi connectivity index (χ0n) is 17.6. The highest BCUT2D eigenvalue weighted by atomic mass is 16.5. The van der Waals surface area contributed by atoms with Gasteiger partial charge in [0.1, 0.15) is 0 Å². The Labute approximate surface area is 182 Å². The highest BCUT2D eigenvalue weighted by Crippen LogP contribution is 2.32. The number of benzene rings is 2. The smallest absolute Gasteiger partial charge is 0.330 e. The molecule has 2 aliphatic heterocycles. The lowest BCUT2D eigenvalue weighted by atomic mass is 9.95. The van der Waals surface area contributed by atoms with Crippen LogP contribution in [0.2, 0.25) is 0 Å². The lowest BCUT2D eigenvalue weighted by molar-refractivity contribution is -0.134. The van der Waals surface area contributed by atoms with Crippen molar-refractivity contribution in [3.8, 4) is 0 Å². The van der Waals surface area contributed by atoms with Gasteiger partial charge in [-0.15, -0.1) is 0 Å². The number of methoxy groups -OCH3 is 1. The number of fused-ring (bicyclic) bond motifs is 1. The van der Waals surface area contributed by atoms with Crippen LogP contribution in [-0.4, -0.2) is 48.9 Å². The number of anilines is 1. The molecule has 2 aromatic carbocycles. The fraction of sp³-hybridized carbons (Fsp3) is 0.320. The Balaban J connectivity index is 1.39. The number of nitrogens with zero attached hydrogens (tertiary/aromatic N) is 2. The van der Waals surface area contributed by atoms with Gasteiger partial charge in [0.05, 0.1) is 7.11 Å². The molecule has 160 valence electrons. The molecule has 0 bridgehead atoms. The van der Waals surface area contributed by atoms with Crippen LogP contribution in [0.4, 0.5) is 5.69 Å². The maximum Gasteiger partial charge on any atom is 0.330 e. The number of likely N-dealkylation sites (tertiary alicyclic amines) is 1. The summed E-state index contributed by atoms with van der Waals surface area (Å²) in [5.41, 5.74) is 3.69. The summed E-state index contributed by atoms with van der Waals surface area (Å²) >= 11 is 0. The highest BCUT2D eigenvalue weighted by Gasteiger charge is 2.33. The van der Waals surface area contributed by atoms with E-state index >= 15 is 0 Å². The van der Waals surface area contributed by atoms with E-state index in [1.54, 1.807) is 18.2 Å². The van der Waals surface area contributed by atoms with Crippen LogP contribution < -0.4 is 4.90 Å². The van der Waals surface area contributed by atoms with Crippen molar-refractivity contribution in [1.82, 2.24) is 4.90 Å². The molecule has 2 aromatic rings. The standard InChI is InChI=1S/C25H26N2O4/c1-31-24(29)13-8-18-6-9-20(10-7-18)25(30)26-16-14-21(15-17-26)27-22-5-3-2-4-19(22)11-12-23(27)28/h2-10,13,21H,11-12,14-17H2,1H3/b13-8+. The summed E-state index contributed by atoms with van der Waals surface area (Å²) < 4.78 is 4.58. The van der Waals surface area contributed by atoms with Crippen LogP contribution in [-0.2, 0) is 20.7 Å². The summed E-state index contributed by atoms with van der Waals surface area (Å²) in [5, 5.41) is 0. The van der Waals surface area contributed by atoms with Crippen molar-refractivity contribution in [3.63, 3.8) is 0 Å². The quantitative estimate of drug-likeness (QED) is 0.563. The van der Waals surface area contributed by atoms with Gasteiger partial charge >= 0.3 is 5.97 Å². The lowest BCUT2D eigenvalue weighted by Crippen LogP contribution is -2.50. The number of hydrogen-bond donors (Lipinski definition) is 0. The number of ether oxygens (including phenoxy) is 1. The highest BCUT2D eigenvalue weighted by molar-refractivity contribution is 5.97. The molecule has 6 nitrogen and oxygen atoms in total. The molecule has 0 spiro atoms. The van der Waals surface area contributed by atoms with Crippen molar-refractivity contribution >= 4 is 29.5 Å². The van der Waals surface area contributed by atoms with E-state index in [0.717, 1.165) is 30.5 Å². The molecule has 6 heteroatoms. The van der Waals surface area contributed by atoms with Crippen LogP contribution >= 0.6 is 0 Å². The minimum absolute atomic E-state index is 0.00711. The lowest BCUT2D eigenvalue weighted by Gasteiger charge is -2.41. The van der Waals surface area contributed by atoms with Gasteiger partial charge in [-0.2, -0.15) is 0 Å². The van der Waals surface area contributed by atoms with E-state index in [9.17, 15) is 14.4 Å². The van der Waals surface area contributed by atoms with Crippen molar-refractivity contribution in [3.05, 3.63) is 71.3 Å². The molecule has 0 saturated carbocycles. The summed E-state index contributed by atoms with van der Waals surface area (Å²) in [6.45, 7) is 1.25. The number of amides is 2. The number of carbonyl (C=O) groups is 3. The van der Waals surface area contributed by atoms with Gasteiger partial charge in [-0.25, -0.2) is 4.79 Å². The van der Waals surface area contributed by atoms with Crippen LogP contribution in [0.5, 0.6) is 0 Å². The number of esters is 1. The Hall–Kier alpha value is -3.41. The summed E-state index contributed by atoms with van der Waals surface area (Å²) in [7, 11) is 1.33. The molecule has 0 aliphatic carbocycles. The van der Waals surface area contributed by atoms with Gasteiger partial charge in [-0.05, 0) is 54.7 Å². The fourth-order valence-electron chi connectivity index (χ4n) is 4.33. The SMILES string of the molecule is COC(=O)/C=C/c1ccc(C(=O)N2CCC(N3C(=O)CCc4ccccc43)CC2)cc1. The third-order valence-corrected chi connectivity index (χ3v) is 6.02. The second kappa shape index (κ2) is 9.16. The first kappa shape index (κ1) is 20.8. The Morgan fingerprint density at radius 2 is 1.71 bits per heavy atom. The predicted molar refractivity (Wildman–Crippen MR) is 119 cm³/mol.